The Morgan fingerprint density at radius 3 is 2.35 bits per heavy atom. The van der Waals surface area contributed by atoms with Crippen LogP contribution >= 0.6 is 0 Å². The Labute approximate surface area is 200 Å². The molecule has 1 aliphatic heterocycles. The molecule has 1 atom stereocenters. The van der Waals surface area contributed by atoms with Crippen LogP contribution in [0.3, 0.4) is 0 Å². The minimum Gasteiger partial charge on any atom is -0.325 e. The summed E-state index contributed by atoms with van der Waals surface area (Å²) in [6.45, 7) is 1.11. The molecule has 8 heteroatoms. The number of hydrogen-bond donors (Lipinski definition) is 2. The number of sulfonamides is 1. The molecule has 1 heterocycles. The average Bonchev–Trinajstić information content (AvgIpc) is 3.16. The van der Waals surface area contributed by atoms with Crippen LogP contribution in [0.25, 0.3) is 0 Å². The monoisotopic (exact) mass is 476 g/mol. The zero-order valence-electron chi connectivity index (χ0n) is 19.2. The molecular weight excluding hydrogens is 448 g/mol. The van der Waals surface area contributed by atoms with Gasteiger partial charge in [-0.15, -0.1) is 0 Å². The van der Waals surface area contributed by atoms with Crippen molar-refractivity contribution in [1.82, 2.24) is 5.32 Å². The summed E-state index contributed by atoms with van der Waals surface area (Å²) in [4.78, 5) is 17.8. The predicted octanol–water partition coefficient (Wildman–Crippen LogP) is 3.92. The van der Waals surface area contributed by atoms with Crippen molar-refractivity contribution in [3.05, 3.63) is 90.0 Å². The van der Waals surface area contributed by atoms with E-state index >= 15 is 0 Å². The second-order valence-corrected chi connectivity index (χ2v) is 10.1. The van der Waals surface area contributed by atoms with Gasteiger partial charge < -0.3 is 10.6 Å². The topological polar surface area (TPSA) is 90.9 Å². The first-order valence-electron chi connectivity index (χ1n) is 11.1. The van der Waals surface area contributed by atoms with Crippen LogP contribution in [0.15, 0.2) is 83.9 Å². The van der Waals surface area contributed by atoms with Gasteiger partial charge in [-0.3, -0.25) is 14.1 Å². The van der Waals surface area contributed by atoms with Crippen LogP contribution in [0, 0.1) is 0 Å². The van der Waals surface area contributed by atoms with Crippen molar-refractivity contribution in [2.45, 2.75) is 12.3 Å². The van der Waals surface area contributed by atoms with Crippen LogP contribution in [0.1, 0.15) is 23.5 Å². The van der Waals surface area contributed by atoms with Crippen molar-refractivity contribution in [3.63, 3.8) is 0 Å². The Morgan fingerprint density at radius 2 is 1.68 bits per heavy atom. The van der Waals surface area contributed by atoms with Crippen LogP contribution in [-0.4, -0.2) is 46.4 Å². The van der Waals surface area contributed by atoms with Gasteiger partial charge in [0.1, 0.15) is 5.92 Å². The van der Waals surface area contributed by atoms with Crippen molar-refractivity contribution < 1.29 is 13.2 Å². The third kappa shape index (κ3) is 5.18. The fourth-order valence-corrected chi connectivity index (χ4v) is 5.07. The summed E-state index contributed by atoms with van der Waals surface area (Å²) >= 11 is 0. The minimum atomic E-state index is -3.41. The number of fused-ring (bicyclic) bond motifs is 1. The van der Waals surface area contributed by atoms with Crippen molar-refractivity contribution in [1.29, 1.82) is 0 Å². The number of carbonyl (C=O) groups excluding carboxylic acids is 1. The lowest BCUT2D eigenvalue weighted by Crippen LogP contribution is -2.32. The lowest BCUT2D eigenvalue weighted by Gasteiger charge is -2.22. The minimum absolute atomic E-state index is 0.117. The third-order valence-corrected chi connectivity index (χ3v) is 6.90. The molecule has 2 N–H and O–H groups in total. The highest BCUT2D eigenvalue weighted by atomic mass is 32.2. The van der Waals surface area contributed by atoms with Gasteiger partial charge in [0.15, 0.2) is 0 Å². The van der Waals surface area contributed by atoms with Crippen molar-refractivity contribution in [3.8, 4) is 0 Å². The first kappa shape index (κ1) is 23.7. The van der Waals surface area contributed by atoms with Gasteiger partial charge in [-0.1, -0.05) is 48.5 Å². The van der Waals surface area contributed by atoms with E-state index in [1.807, 2.05) is 61.6 Å². The van der Waals surface area contributed by atoms with Gasteiger partial charge in [0.05, 0.1) is 23.3 Å². The first-order valence-corrected chi connectivity index (χ1v) is 13.0. The molecule has 0 fully saturated rings. The molecule has 176 valence electrons. The lowest BCUT2D eigenvalue weighted by molar-refractivity contribution is -0.115. The van der Waals surface area contributed by atoms with Gasteiger partial charge in [0.25, 0.3) is 0 Å². The lowest BCUT2D eigenvalue weighted by atomic mass is 9.90. The van der Waals surface area contributed by atoms with Crippen molar-refractivity contribution in [2.24, 2.45) is 4.99 Å². The molecule has 3 aromatic carbocycles. The van der Waals surface area contributed by atoms with Gasteiger partial charge >= 0.3 is 0 Å². The molecule has 0 spiro atoms. The highest BCUT2D eigenvalue weighted by Gasteiger charge is 2.35. The molecule has 0 aliphatic carbocycles. The summed E-state index contributed by atoms with van der Waals surface area (Å²) in [5.74, 6) is -0.652. The normalized spacial score (nSPS) is 15.6. The fourth-order valence-electron chi connectivity index (χ4n) is 4.10. The first-order chi connectivity index (χ1) is 16.4. The predicted molar refractivity (Wildman–Crippen MR) is 138 cm³/mol. The largest absolute Gasteiger partial charge is 0.325 e. The summed E-state index contributed by atoms with van der Waals surface area (Å²) in [6, 6.07) is 24.4. The number of anilines is 2. The Morgan fingerprint density at radius 1 is 1.00 bits per heavy atom. The van der Waals surface area contributed by atoms with Crippen LogP contribution < -0.4 is 14.9 Å². The number of hydrogen-bond acceptors (Lipinski definition) is 5. The number of carbonyl (C=O) groups is 1. The molecule has 0 saturated heterocycles. The maximum atomic E-state index is 12.9. The highest BCUT2D eigenvalue weighted by Crippen LogP contribution is 2.36. The molecule has 0 radical (unpaired) electrons. The molecule has 1 unspecified atom stereocenters. The molecule has 1 amide bonds. The van der Waals surface area contributed by atoms with E-state index in [4.69, 9.17) is 4.99 Å². The van der Waals surface area contributed by atoms with Gasteiger partial charge in [-0.2, -0.15) is 0 Å². The number of nitrogens with zero attached hydrogens (tertiary/aromatic N) is 2. The smallest absolute Gasteiger partial charge is 0.238 e. The fraction of sp³-hybridized carbons (Fsp3) is 0.231. The summed E-state index contributed by atoms with van der Waals surface area (Å²) in [6.07, 6.45) is 1.90. The van der Waals surface area contributed by atoms with E-state index in [0.717, 1.165) is 23.4 Å². The van der Waals surface area contributed by atoms with Gasteiger partial charge in [0, 0.05) is 12.2 Å². The van der Waals surface area contributed by atoms with Gasteiger partial charge in [-0.05, 0) is 61.5 Å². The van der Waals surface area contributed by atoms with E-state index in [-0.39, 0.29) is 5.91 Å². The molecule has 1 aliphatic rings. The van der Waals surface area contributed by atoms with E-state index in [1.165, 1.54) is 10.6 Å². The summed E-state index contributed by atoms with van der Waals surface area (Å²) < 4.78 is 26.1. The Hall–Kier alpha value is -3.49. The average molecular weight is 477 g/mol. The van der Waals surface area contributed by atoms with Crippen LogP contribution in [-0.2, 0) is 14.8 Å². The zero-order chi connectivity index (χ0) is 24.1. The number of rotatable bonds is 9. The van der Waals surface area contributed by atoms with Crippen LogP contribution in [0.4, 0.5) is 17.1 Å². The van der Waals surface area contributed by atoms with E-state index in [9.17, 15) is 13.2 Å². The Bertz CT molecular complexity index is 1290. The molecule has 34 heavy (non-hydrogen) atoms. The number of aliphatic imine (C=N–C) groups is 1. The summed E-state index contributed by atoms with van der Waals surface area (Å²) in [7, 11) is -1.58. The molecular formula is C26H28N4O3S. The van der Waals surface area contributed by atoms with E-state index in [1.54, 1.807) is 24.3 Å². The molecule has 0 saturated carbocycles. The standard InChI is InChI=1S/C26H28N4O3S/c1-27-17-8-18-30(34(2,32)33)21-15-13-20(14-16-21)28-25(19-9-4-3-5-10-19)24-22-11-6-7-12-23(22)29-26(24)31/h3-7,9-16,24,27H,8,17-18H2,1-2H3,(H,29,31). The van der Waals surface area contributed by atoms with Crippen LogP contribution in [0.5, 0.6) is 0 Å². The Kier molecular flexibility index (Phi) is 7.09. The number of nitrogens with one attached hydrogen (secondary N) is 2. The SMILES string of the molecule is CNCCCN(c1ccc(N=C(c2ccccc2)C2C(=O)Nc3ccccc32)cc1)S(C)(=O)=O. The number of amides is 1. The summed E-state index contributed by atoms with van der Waals surface area (Å²) in [5, 5.41) is 5.99. The second-order valence-electron chi connectivity index (χ2n) is 8.18. The molecule has 3 aromatic rings. The molecule has 7 nitrogen and oxygen atoms in total. The molecule has 4 rings (SSSR count). The van der Waals surface area contributed by atoms with Crippen molar-refractivity contribution in [2.75, 3.05) is 36.0 Å². The zero-order valence-corrected chi connectivity index (χ0v) is 20.0. The molecule has 0 aromatic heterocycles. The summed E-state index contributed by atoms with van der Waals surface area (Å²) in [5.41, 5.74) is 4.41. The van der Waals surface area contributed by atoms with Crippen molar-refractivity contribution >= 4 is 38.7 Å². The van der Waals surface area contributed by atoms with E-state index < -0.39 is 15.9 Å². The molecule has 0 bridgehead atoms. The van der Waals surface area contributed by atoms with Gasteiger partial charge in [0.2, 0.25) is 15.9 Å². The maximum Gasteiger partial charge on any atom is 0.238 e. The van der Waals surface area contributed by atoms with E-state index in [2.05, 4.69) is 10.6 Å². The maximum absolute atomic E-state index is 12.9. The highest BCUT2D eigenvalue weighted by molar-refractivity contribution is 7.92. The Balaban J connectivity index is 1.71. The number of para-hydroxylation sites is 1. The van der Waals surface area contributed by atoms with Gasteiger partial charge in [-0.25, -0.2) is 8.42 Å². The van der Waals surface area contributed by atoms with E-state index in [0.29, 0.717) is 30.1 Å². The van der Waals surface area contributed by atoms with Crippen LogP contribution in [0.2, 0.25) is 0 Å². The quantitative estimate of drug-likeness (QED) is 0.362. The number of benzene rings is 3. The third-order valence-electron chi connectivity index (χ3n) is 5.71. The second kappa shape index (κ2) is 10.2.